The molecule has 1 N–H and O–H groups in total. The number of halogens is 2. The van der Waals surface area contributed by atoms with Gasteiger partial charge in [-0.05, 0) is 40.4 Å². The quantitative estimate of drug-likeness (QED) is 0.420. The summed E-state index contributed by atoms with van der Waals surface area (Å²) in [6, 6.07) is 9.95. The number of amides is 2. The lowest BCUT2D eigenvalue weighted by molar-refractivity contribution is -0.132. The van der Waals surface area contributed by atoms with Crippen molar-refractivity contribution >= 4 is 72.3 Å². The van der Waals surface area contributed by atoms with Crippen LogP contribution in [-0.2, 0) is 14.4 Å². The van der Waals surface area contributed by atoms with E-state index in [-0.39, 0.29) is 17.6 Å². The molecule has 2 amide bonds. The number of rotatable bonds is 2. The Morgan fingerprint density at radius 1 is 1.16 bits per heavy atom. The van der Waals surface area contributed by atoms with Gasteiger partial charge >= 0.3 is 5.97 Å². The minimum atomic E-state index is -0.844. The lowest BCUT2D eigenvalue weighted by Crippen LogP contribution is -2.55. The van der Waals surface area contributed by atoms with Crippen LogP contribution in [0.4, 0.5) is 5.69 Å². The second kappa shape index (κ2) is 8.87. The van der Waals surface area contributed by atoms with E-state index in [1.54, 1.807) is 34.4 Å². The van der Waals surface area contributed by atoms with Crippen molar-refractivity contribution in [1.82, 2.24) is 10.3 Å². The smallest absolute Gasteiger partial charge is 0.308 e. The molecule has 2 heterocycles. The molecule has 166 valence electrons. The van der Waals surface area contributed by atoms with Crippen LogP contribution in [0, 0.1) is 0 Å². The minimum absolute atomic E-state index is 0.252. The molecule has 0 bridgehead atoms. The third-order valence-electron chi connectivity index (χ3n) is 5.03. The largest absolute Gasteiger partial charge is 0.425 e. The van der Waals surface area contributed by atoms with E-state index in [1.165, 1.54) is 25.6 Å². The van der Waals surface area contributed by atoms with Crippen molar-refractivity contribution in [2.45, 2.75) is 26.1 Å². The maximum absolute atomic E-state index is 13.2. The first kappa shape index (κ1) is 22.8. The molecular weight excluding hydrogens is 564 g/mol. The van der Waals surface area contributed by atoms with Gasteiger partial charge in [-0.25, -0.2) is 0 Å². The number of carbonyl (C=O) groups excluding carboxylic acids is 3. The Morgan fingerprint density at radius 3 is 2.53 bits per heavy atom. The van der Waals surface area contributed by atoms with E-state index in [4.69, 9.17) is 4.74 Å². The average Bonchev–Trinajstić information content (AvgIpc) is 2.73. The summed E-state index contributed by atoms with van der Waals surface area (Å²) in [6.45, 7) is 2.75. The molecule has 2 aromatic rings. The van der Waals surface area contributed by atoms with Gasteiger partial charge in [0.25, 0.3) is 5.91 Å². The van der Waals surface area contributed by atoms with Crippen LogP contribution in [0.5, 0.6) is 5.75 Å². The second-order valence-electron chi connectivity index (χ2n) is 7.10. The van der Waals surface area contributed by atoms with Gasteiger partial charge < -0.3 is 10.1 Å². The summed E-state index contributed by atoms with van der Waals surface area (Å²) in [7, 11) is 0. The first-order chi connectivity index (χ1) is 15.2. The summed E-state index contributed by atoms with van der Waals surface area (Å²) < 4.78 is 6.75. The number of nitrogens with zero attached hydrogens (tertiary/aromatic N) is 3. The molecule has 2 aromatic carbocycles. The maximum Gasteiger partial charge on any atom is 0.308 e. The molecule has 0 saturated carbocycles. The molecule has 0 unspecified atom stereocenters. The number of para-hydroxylation sites is 1. The van der Waals surface area contributed by atoms with E-state index in [2.05, 4.69) is 42.3 Å². The molecule has 8 nitrogen and oxygen atoms in total. The van der Waals surface area contributed by atoms with Crippen molar-refractivity contribution in [1.29, 1.82) is 0 Å². The first-order valence-electron chi connectivity index (χ1n) is 9.50. The highest BCUT2D eigenvalue weighted by atomic mass is 79.9. The molecule has 0 aromatic heterocycles. The third-order valence-corrected chi connectivity index (χ3v) is 6.65. The van der Waals surface area contributed by atoms with Crippen LogP contribution >= 0.6 is 43.6 Å². The predicted molar refractivity (Wildman–Crippen MR) is 129 cm³/mol. The Balaban J connectivity index is 2.05. The number of nitrogens with one attached hydrogen (secondary N) is 1. The van der Waals surface area contributed by atoms with Crippen molar-refractivity contribution in [3.8, 4) is 5.75 Å². The van der Waals surface area contributed by atoms with E-state index in [1.807, 2.05) is 18.2 Å². The normalized spacial score (nSPS) is 19.5. The summed E-state index contributed by atoms with van der Waals surface area (Å²) in [4.78, 5) is 39.6. The SMILES string of the molecule is CSC1=NN2[C@@H](C(=O)N1)c1ccccc1N(C(C)=O)[C@@H]2c1cc(Br)cc(Br)c1OC(C)=O. The van der Waals surface area contributed by atoms with Gasteiger partial charge in [-0.3, -0.25) is 24.3 Å². The molecule has 0 radical (unpaired) electrons. The van der Waals surface area contributed by atoms with Gasteiger partial charge in [0.2, 0.25) is 5.91 Å². The van der Waals surface area contributed by atoms with Crippen LogP contribution in [-0.4, -0.2) is 34.2 Å². The van der Waals surface area contributed by atoms with Crippen LogP contribution in [0.15, 0.2) is 50.4 Å². The fraction of sp³-hybridized carbons (Fsp3) is 0.238. The molecule has 0 saturated heterocycles. The fourth-order valence-corrected chi connectivity index (χ4v) is 5.61. The standard InChI is InChI=1S/C21H18Br2N4O4S/c1-10(28)26-16-7-5-4-6-13(16)17-19(30)24-21(32-3)25-27(17)20(26)14-8-12(22)9-15(23)18(14)31-11(2)29/h4-9,17,20H,1-3H3,(H,24,25,30)/t17-,20+/m1/s1. The zero-order valence-electron chi connectivity index (χ0n) is 17.3. The van der Waals surface area contributed by atoms with E-state index >= 15 is 0 Å². The van der Waals surface area contributed by atoms with Crippen LogP contribution in [0.1, 0.15) is 37.2 Å². The number of carbonyl (C=O) groups is 3. The fourth-order valence-electron chi connectivity index (χ4n) is 3.89. The number of fused-ring (bicyclic) bond motifs is 3. The van der Waals surface area contributed by atoms with Crippen LogP contribution in [0.25, 0.3) is 0 Å². The molecule has 2 aliphatic heterocycles. The van der Waals surface area contributed by atoms with Crippen molar-refractivity contribution in [2.24, 2.45) is 5.10 Å². The number of hydrogen-bond donors (Lipinski definition) is 1. The number of hydrazone groups is 1. The minimum Gasteiger partial charge on any atom is -0.425 e. The molecule has 32 heavy (non-hydrogen) atoms. The Hall–Kier alpha value is -2.37. The van der Waals surface area contributed by atoms with Crippen LogP contribution in [0.2, 0.25) is 0 Å². The summed E-state index contributed by atoms with van der Waals surface area (Å²) in [5, 5.41) is 9.47. The highest BCUT2D eigenvalue weighted by Crippen LogP contribution is 2.50. The van der Waals surface area contributed by atoms with Gasteiger partial charge in [-0.15, -0.1) is 5.10 Å². The molecular formula is C21H18Br2N4O4S. The zero-order chi connectivity index (χ0) is 23.2. The molecule has 0 aliphatic carbocycles. The number of benzene rings is 2. The van der Waals surface area contributed by atoms with Gasteiger partial charge in [-0.1, -0.05) is 45.9 Å². The molecule has 2 aliphatic rings. The number of hydrogen-bond acceptors (Lipinski definition) is 7. The molecule has 0 fully saturated rings. The topological polar surface area (TPSA) is 91.3 Å². The second-order valence-corrected chi connectivity index (χ2v) is 9.67. The summed E-state index contributed by atoms with van der Waals surface area (Å²) in [6.07, 6.45) is 0.957. The van der Waals surface area contributed by atoms with E-state index in [0.29, 0.717) is 30.9 Å². The van der Waals surface area contributed by atoms with Crippen molar-refractivity contribution < 1.29 is 19.1 Å². The van der Waals surface area contributed by atoms with Crippen molar-refractivity contribution in [3.63, 3.8) is 0 Å². The summed E-state index contributed by atoms with van der Waals surface area (Å²) in [5.74, 6) is -0.770. The van der Waals surface area contributed by atoms with Gasteiger partial charge in [-0.2, -0.15) is 0 Å². The number of thioether (sulfide) groups is 1. The average molecular weight is 582 g/mol. The predicted octanol–water partition coefficient (Wildman–Crippen LogP) is 4.31. The number of esters is 1. The van der Waals surface area contributed by atoms with Crippen LogP contribution < -0.4 is 15.0 Å². The number of ether oxygens (including phenoxy) is 1. The van der Waals surface area contributed by atoms with Gasteiger partial charge in [0.15, 0.2) is 23.1 Å². The molecule has 11 heteroatoms. The van der Waals surface area contributed by atoms with Gasteiger partial charge in [0.1, 0.15) is 0 Å². The Morgan fingerprint density at radius 2 is 1.88 bits per heavy atom. The van der Waals surface area contributed by atoms with E-state index in [0.717, 1.165) is 0 Å². The summed E-state index contributed by atoms with van der Waals surface area (Å²) in [5.41, 5.74) is 1.74. The van der Waals surface area contributed by atoms with Gasteiger partial charge in [0.05, 0.1) is 10.2 Å². The third kappa shape index (κ3) is 3.93. The Labute approximate surface area is 205 Å². The van der Waals surface area contributed by atoms with E-state index in [9.17, 15) is 14.4 Å². The molecule has 4 rings (SSSR count). The summed E-state index contributed by atoms with van der Waals surface area (Å²) >= 11 is 8.22. The van der Waals surface area contributed by atoms with Crippen molar-refractivity contribution in [3.05, 3.63) is 56.5 Å². The first-order valence-corrected chi connectivity index (χ1v) is 12.3. The lowest BCUT2D eigenvalue weighted by Gasteiger charge is -2.48. The number of amidine groups is 1. The van der Waals surface area contributed by atoms with Gasteiger partial charge in [0, 0.05) is 29.4 Å². The molecule has 0 spiro atoms. The lowest BCUT2D eigenvalue weighted by atomic mass is 9.95. The monoisotopic (exact) mass is 580 g/mol. The highest BCUT2D eigenvalue weighted by Gasteiger charge is 2.47. The maximum atomic E-state index is 13.2. The van der Waals surface area contributed by atoms with Crippen molar-refractivity contribution in [2.75, 3.05) is 11.2 Å². The van der Waals surface area contributed by atoms with E-state index < -0.39 is 18.2 Å². The Bertz CT molecular complexity index is 1170. The zero-order valence-corrected chi connectivity index (χ0v) is 21.2. The molecule has 2 atom stereocenters. The highest BCUT2D eigenvalue weighted by molar-refractivity contribution is 9.11. The number of anilines is 1. The Kier molecular flexibility index (Phi) is 6.33. The van der Waals surface area contributed by atoms with Crippen LogP contribution in [0.3, 0.4) is 0 Å².